The molecule has 1 aromatic heterocycles. The predicted octanol–water partition coefficient (Wildman–Crippen LogP) is 5.93. The third-order valence-corrected chi connectivity index (χ3v) is 8.42. The van der Waals surface area contributed by atoms with E-state index >= 15 is 0 Å². The van der Waals surface area contributed by atoms with Crippen LogP contribution in [0.5, 0.6) is 5.75 Å². The number of anilines is 3. The maximum Gasteiger partial charge on any atom is 0.250 e. The third-order valence-electron chi connectivity index (χ3n) is 7.35. The summed E-state index contributed by atoms with van der Waals surface area (Å²) in [5.41, 5.74) is 8.36. The van der Waals surface area contributed by atoms with E-state index < -0.39 is 23.2 Å². The van der Waals surface area contributed by atoms with Crippen molar-refractivity contribution in [1.29, 1.82) is 0 Å². The zero-order chi connectivity index (χ0) is 30.7. The Hall–Kier alpha value is -4.19. The van der Waals surface area contributed by atoms with Gasteiger partial charge in [-0.2, -0.15) is 0 Å². The van der Waals surface area contributed by atoms with Crippen molar-refractivity contribution in [3.05, 3.63) is 83.0 Å². The Morgan fingerprint density at radius 2 is 1.95 bits per heavy atom. The Morgan fingerprint density at radius 3 is 2.70 bits per heavy atom. The van der Waals surface area contributed by atoms with Crippen LogP contribution < -0.4 is 21.1 Å². The third kappa shape index (κ3) is 6.58. The van der Waals surface area contributed by atoms with Gasteiger partial charge in [0, 0.05) is 36.4 Å². The smallest absolute Gasteiger partial charge is 0.250 e. The minimum Gasteiger partial charge on any atom is -0.492 e. The molecule has 4 aromatic rings. The van der Waals surface area contributed by atoms with Crippen molar-refractivity contribution in [3.8, 4) is 5.75 Å². The number of hydrogen-bond acceptors (Lipinski definition) is 7. The van der Waals surface area contributed by atoms with Crippen LogP contribution in [0.25, 0.3) is 10.8 Å². The van der Waals surface area contributed by atoms with E-state index in [9.17, 15) is 18.4 Å². The fourth-order valence-electron chi connectivity index (χ4n) is 5.48. The van der Waals surface area contributed by atoms with Crippen molar-refractivity contribution in [1.82, 2.24) is 9.88 Å². The molecule has 3 unspecified atom stereocenters. The summed E-state index contributed by atoms with van der Waals surface area (Å²) < 4.78 is 28.1. The normalized spacial score (nSPS) is 16.1. The molecule has 1 fully saturated rings. The molecule has 12 heteroatoms. The molecular weight excluding hydrogens is 590 g/mol. The van der Waals surface area contributed by atoms with Gasteiger partial charge in [-0.3, -0.25) is 9.59 Å². The zero-order valence-electron chi connectivity index (χ0n) is 23.7. The molecule has 0 saturated carbocycles. The quantitative estimate of drug-likeness (QED) is 0.168. The van der Waals surface area contributed by atoms with Gasteiger partial charge in [0.15, 0.2) is 11.1 Å². The molecule has 5 N–H and O–H groups in total. The van der Waals surface area contributed by atoms with Crippen LogP contribution in [0.1, 0.15) is 49.9 Å². The average Bonchev–Trinajstić information content (AvgIpc) is 3.47. The molecule has 2 amide bonds. The van der Waals surface area contributed by atoms with Gasteiger partial charge in [0.05, 0.1) is 22.6 Å². The molecule has 1 saturated heterocycles. The van der Waals surface area contributed by atoms with Crippen molar-refractivity contribution >= 4 is 62.5 Å². The summed E-state index contributed by atoms with van der Waals surface area (Å²) in [7, 11) is 0. The molecule has 224 valence electrons. The van der Waals surface area contributed by atoms with Crippen molar-refractivity contribution in [2.75, 3.05) is 29.5 Å². The lowest BCUT2D eigenvalue weighted by molar-refractivity contribution is -0.133. The van der Waals surface area contributed by atoms with Gasteiger partial charge >= 0.3 is 0 Å². The molecular formula is C31H32ClN5O5S. The van der Waals surface area contributed by atoms with Crippen LogP contribution in [-0.4, -0.2) is 43.6 Å². The standard InChI is InChI=1S/C31H32ClN5O5S/c1-3-42-27-16-20(6-10-25(27)32)29(36-21-7-9-23-19(15-21)12-13-34-30(23)33)31(39)37-14-4-5-26(37)24-17-22(35-18(2)38)8-11-28(24)43(40)41/h6-13,15-17,26,29,36H,3-5,14H2,1-2H3,(H2,33,34)(H,35,38)(H,40,41). The van der Waals surface area contributed by atoms with Crippen LogP contribution >= 0.6 is 11.6 Å². The number of fused-ring (bicyclic) bond motifs is 1. The molecule has 5 rings (SSSR count). The van der Waals surface area contributed by atoms with E-state index in [0.717, 1.165) is 10.8 Å². The number of carbonyl (C=O) groups excluding carboxylic acids is 2. The number of nitrogens with one attached hydrogen (secondary N) is 2. The number of rotatable bonds is 9. The largest absolute Gasteiger partial charge is 0.492 e. The Balaban J connectivity index is 1.56. The molecule has 0 bridgehead atoms. The summed E-state index contributed by atoms with van der Waals surface area (Å²) in [6.45, 7) is 4.08. The highest BCUT2D eigenvalue weighted by Crippen LogP contribution is 2.39. The predicted molar refractivity (Wildman–Crippen MR) is 169 cm³/mol. The van der Waals surface area contributed by atoms with E-state index in [1.165, 1.54) is 13.0 Å². The van der Waals surface area contributed by atoms with Gasteiger partial charge in [0.1, 0.15) is 17.6 Å². The van der Waals surface area contributed by atoms with Crippen molar-refractivity contribution < 1.29 is 23.1 Å². The van der Waals surface area contributed by atoms with Crippen LogP contribution in [0.2, 0.25) is 5.02 Å². The van der Waals surface area contributed by atoms with Crippen LogP contribution in [0, 0.1) is 0 Å². The van der Waals surface area contributed by atoms with E-state index in [0.29, 0.717) is 65.1 Å². The zero-order valence-corrected chi connectivity index (χ0v) is 25.2. The first-order valence-corrected chi connectivity index (χ1v) is 15.3. The number of halogens is 1. The van der Waals surface area contributed by atoms with Crippen molar-refractivity contribution in [3.63, 3.8) is 0 Å². The number of benzene rings is 3. The number of aromatic nitrogens is 1. The summed E-state index contributed by atoms with van der Waals surface area (Å²) in [4.78, 5) is 32.3. The van der Waals surface area contributed by atoms with E-state index in [-0.39, 0.29) is 16.7 Å². The second-order valence-corrected chi connectivity index (χ2v) is 11.6. The summed E-state index contributed by atoms with van der Waals surface area (Å²) in [6, 6.07) is 16.1. The molecule has 3 atom stereocenters. The van der Waals surface area contributed by atoms with Crippen LogP contribution in [0.3, 0.4) is 0 Å². The monoisotopic (exact) mass is 621 g/mol. The summed E-state index contributed by atoms with van der Waals surface area (Å²) in [6.07, 6.45) is 2.90. The van der Waals surface area contributed by atoms with Gasteiger partial charge < -0.3 is 30.6 Å². The second kappa shape index (κ2) is 13.0. The maximum atomic E-state index is 14.5. The highest BCUT2D eigenvalue weighted by Gasteiger charge is 2.37. The SMILES string of the molecule is CCOc1cc(C(Nc2ccc3c(N)nccc3c2)C(=O)N2CCCC2c2cc(NC(C)=O)ccc2S(=O)O)ccc1Cl. The van der Waals surface area contributed by atoms with Crippen LogP contribution in [0.4, 0.5) is 17.2 Å². The molecule has 3 aromatic carbocycles. The summed E-state index contributed by atoms with van der Waals surface area (Å²) >= 11 is 4.09. The Labute approximate surface area is 256 Å². The van der Waals surface area contributed by atoms with Crippen LogP contribution in [0.15, 0.2) is 71.8 Å². The van der Waals surface area contributed by atoms with E-state index in [4.69, 9.17) is 22.1 Å². The molecule has 0 aliphatic carbocycles. The molecule has 0 spiro atoms. The number of hydrogen-bond donors (Lipinski definition) is 4. The highest BCUT2D eigenvalue weighted by molar-refractivity contribution is 7.79. The topological polar surface area (TPSA) is 147 Å². The van der Waals surface area contributed by atoms with Gasteiger partial charge in [-0.15, -0.1) is 0 Å². The van der Waals surface area contributed by atoms with Crippen LogP contribution in [-0.2, 0) is 20.7 Å². The van der Waals surface area contributed by atoms with E-state index in [1.54, 1.807) is 41.4 Å². The fourth-order valence-corrected chi connectivity index (χ4v) is 6.23. The van der Waals surface area contributed by atoms with Gasteiger partial charge in [-0.05, 0) is 90.9 Å². The van der Waals surface area contributed by atoms with Gasteiger partial charge in [-0.25, -0.2) is 9.19 Å². The van der Waals surface area contributed by atoms with E-state index in [1.807, 2.05) is 31.2 Å². The minimum absolute atomic E-state index is 0.189. The highest BCUT2D eigenvalue weighted by atomic mass is 35.5. The van der Waals surface area contributed by atoms with Gasteiger partial charge in [0.2, 0.25) is 11.8 Å². The molecule has 10 nitrogen and oxygen atoms in total. The molecule has 1 aliphatic heterocycles. The molecule has 1 aliphatic rings. The number of ether oxygens (including phenoxy) is 1. The summed E-state index contributed by atoms with van der Waals surface area (Å²) in [5.74, 6) is 0.362. The average molecular weight is 622 g/mol. The number of nitrogens with zero attached hydrogens (tertiary/aromatic N) is 2. The number of pyridine rings is 1. The first-order chi connectivity index (χ1) is 20.7. The number of amides is 2. The van der Waals surface area contributed by atoms with Gasteiger partial charge in [0.25, 0.3) is 0 Å². The first-order valence-electron chi connectivity index (χ1n) is 13.8. The molecule has 2 heterocycles. The maximum absolute atomic E-state index is 14.5. The molecule has 43 heavy (non-hydrogen) atoms. The minimum atomic E-state index is -2.30. The number of nitrogen functional groups attached to an aromatic ring is 1. The molecule has 0 radical (unpaired) electrons. The Bertz CT molecular complexity index is 1720. The lowest BCUT2D eigenvalue weighted by Crippen LogP contribution is -2.38. The number of likely N-dealkylation sites (tertiary alicyclic amines) is 1. The fraction of sp³-hybridized carbons (Fsp3) is 0.258. The van der Waals surface area contributed by atoms with E-state index in [2.05, 4.69) is 15.6 Å². The Morgan fingerprint density at radius 1 is 1.16 bits per heavy atom. The number of nitrogens with two attached hydrogens (primary N) is 1. The lowest BCUT2D eigenvalue weighted by Gasteiger charge is -2.31. The Kier molecular flexibility index (Phi) is 9.14. The van der Waals surface area contributed by atoms with Crippen molar-refractivity contribution in [2.24, 2.45) is 0 Å². The number of carbonyl (C=O) groups is 2. The van der Waals surface area contributed by atoms with Gasteiger partial charge in [-0.1, -0.05) is 17.7 Å². The summed E-state index contributed by atoms with van der Waals surface area (Å²) in [5, 5.41) is 8.21. The first kappa shape index (κ1) is 30.3. The lowest BCUT2D eigenvalue weighted by atomic mass is 10.0. The second-order valence-electron chi connectivity index (χ2n) is 10.2. The van der Waals surface area contributed by atoms with Crippen molar-refractivity contribution in [2.45, 2.75) is 43.7 Å².